The lowest BCUT2D eigenvalue weighted by Gasteiger charge is -2.29. The van der Waals surface area contributed by atoms with Crippen LogP contribution in [0.2, 0.25) is 0 Å². The Kier molecular flexibility index (Phi) is 4.42. The van der Waals surface area contributed by atoms with Gasteiger partial charge in [-0.25, -0.2) is 0 Å². The molecule has 0 radical (unpaired) electrons. The van der Waals surface area contributed by atoms with Crippen LogP contribution in [-0.4, -0.2) is 72.0 Å². The van der Waals surface area contributed by atoms with Crippen LogP contribution >= 0.6 is 0 Å². The lowest BCUT2D eigenvalue weighted by Crippen LogP contribution is -2.41. The third-order valence-electron chi connectivity index (χ3n) is 4.17. The maximum atomic E-state index is 9.88. The van der Waals surface area contributed by atoms with Gasteiger partial charge in [-0.15, -0.1) is 0 Å². The number of hydrogen-bond donors (Lipinski definition) is 2. The zero-order valence-electron chi connectivity index (χ0n) is 11.0. The lowest BCUT2D eigenvalue weighted by atomic mass is 10.0. The van der Waals surface area contributed by atoms with Crippen molar-refractivity contribution in [1.29, 1.82) is 0 Å². The minimum absolute atomic E-state index is 0.118. The number of likely N-dealkylation sites (tertiary alicyclic amines) is 1. The van der Waals surface area contributed by atoms with Gasteiger partial charge in [0.15, 0.2) is 0 Å². The summed E-state index contributed by atoms with van der Waals surface area (Å²) in [5, 5.41) is 19.7. The molecule has 0 aromatic rings. The fourth-order valence-electron chi connectivity index (χ4n) is 3.32. The molecule has 1 saturated heterocycles. The van der Waals surface area contributed by atoms with Gasteiger partial charge in [0.1, 0.15) is 0 Å². The maximum Gasteiger partial charge on any atom is 0.0682 e. The number of aliphatic hydroxyl groups excluding tert-OH is 2. The molecule has 2 aliphatic rings. The topological polar surface area (TPSA) is 46.9 Å². The van der Waals surface area contributed by atoms with E-state index in [1.165, 1.54) is 0 Å². The zero-order valence-corrected chi connectivity index (χ0v) is 11.0. The molecule has 0 bridgehead atoms. The van der Waals surface area contributed by atoms with Gasteiger partial charge >= 0.3 is 0 Å². The van der Waals surface area contributed by atoms with E-state index in [0.29, 0.717) is 12.0 Å². The van der Waals surface area contributed by atoms with Crippen LogP contribution in [0.25, 0.3) is 0 Å². The summed E-state index contributed by atoms with van der Waals surface area (Å²) in [7, 11) is 4.15. The van der Waals surface area contributed by atoms with Crippen molar-refractivity contribution < 1.29 is 10.2 Å². The lowest BCUT2D eigenvalue weighted by molar-refractivity contribution is 0.0889. The standard InChI is InChI=1S/C13H26N2O2/c1-14(2)8-11-6-12(16)9-15(11)7-10-4-3-5-13(10)17/h10-13,16-17H,3-9H2,1-2H3. The van der Waals surface area contributed by atoms with E-state index < -0.39 is 0 Å². The second-order valence-corrected chi connectivity index (χ2v) is 6.02. The number of rotatable bonds is 4. The van der Waals surface area contributed by atoms with E-state index >= 15 is 0 Å². The van der Waals surface area contributed by atoms with E-state index in [-0.39, 0.29) is 12.2 Å². The number of aliphatic hydroxyl groups is 2. The van der Waals surface area contributed by atoms with Gasteiger partial charge in [-0.3, -0.25) is 4.90 Å². The molecule has 4 unspecified atom stereocenters. The fraction of sp³-hybridized carbons (Fsp3) is 1.00. The number of hydrogen-bond acceptors (Lipinski definition) is 4. The van der Waals surface area contributed by atoms with Crippen molar-refractivity contribution in [3.8, 4) is 0 Å². The zero-order chi connectivity index (χ0) is 12.4. The van der Waals surface area contributed by atoms with E-state index in [1.54, 1.807) is 0 Å². The Morgan fingerprint density at radius 2 is 2.00 bits per heavy atom. The van der Waals surface area contributed by atoms with Crippen LogP contribution in [0.4, 0.5) is 0 Å². The van der Waals surface area contributed by atoms with E-state index in [1.807, 2.05) is 0 Å². The highest BCUT2D eigenvalue weighted by Crippen LogP contribution is 2.29. The molecule has 1 heterocycles. The van der Waals surface area contributed by atoms with Crippen LogP contribution in [0.3, 0.4) is 0 Å². The molecule has 0 aromatic carbocycles. The van der Waals surface area contributed by atoms with Crippen molar-refractivity contribution in [3.05, 3.63) is 0 Å². The van der Waals surface area contributed by atoms with Crippen LogP contribution in [0.1, 0.15) is 25.7 Å². The molecule has 0 amide bonds. The molecule has 1 saturated carbocycles. The molecular weight excluding hydrogens is 216 g/mol. The average molecular weight is 242 g/mol. The van der Waals surface area contributed by atoms with E-state index in [9.17, 15) is 10.2 Å². The van der Waals surface area contributed by atoms with Gasteiger partial charge in [-0.1, -0.05) is 6.42 Å². The Bertz CT molecular complexity index is 248. The second kappa shape index (κ2) is 5.65. The predicted molar refractivity (Wildman–Crippen MR) is 67.9 cm³/mol. The smallest absolute Gasteiger partial charge is 0.0682 e. The number of likely N-dealkylation sites (N-methyl/N-ethyl adjacent to an activating group) is 1. The largest absolute Gasteiger partial charge is 0.393 e. The maximum absolute atomic E-state index is 9.88. The monoisotopic (exact) mass is 242 g/mol. The first-order valence-electron chi connectivity index (χ1n) is 6.81. The molecular formula is C13H26N2O2. The summed E-state index contributed by atoms with van der Waals surface area (Å²) in [4.78, 5) is 4.56. The molecule has 1 aliphatic carbocycles. The summed E-state index contributed by atoms with van der Waals surface area (Å²) >= 11 is 0. The molecule has 2 fully saturated rings. The molecule has 4 heteroatoms. The van der Waals surface area contributed by atoms with E-state index in [0.717, 1.165) is 45.3 Å². The molecule has 4 atom stereocenters. The van der Waals surface area contributed by atoms with Crippen molar-refractivity contribution in [2.75, 3.05) is 33.7 Å². The van der Waals surface area contributed by atoms with Crippen molar-refractivity contribution in [3.63, 3.8) is 0 Å². The summed E-state index contributed by atoms with van der Waals surface area (Å²) in [6.45, 7) is 2.73. The molecule has 0 spiro atoms. The predicted octanol–water partition coefficient (Wildman–Crippen LogP) is 0.144. The molecule has 2 N–H and O–H groups in total. The molecule has 1 aliphatic heterocycles. The van der Waals surface area contributed by atoms with Crippen LogP contribution in [0.5, 0.6) is 0 Å². The first-order chi connectivity index (χ1) is 8.06. The van der Waals surface area contributed by atoms with Gasteiger partial charge < -0.3 is 15.1 Å². The minimum Gasteiger partial charge on any atom is -0.393 e. The van der Waals surface area contributed by atoms with Crippen molar-refractivity contribution in [2.24, 2.45) is 5.92 Å². The highest BCUT2D eigenvalue weighted by Gasteiger charge is 2.35. The average Bonchev–Trinajstić information content (AvgIpc) is 2.75. The highest BCUT2D eigenvalue weighted by molar-refractivity contribution is 4.89. The van der Waals surface area contributed by atoms with Crippen molar-refractivity contribution >= 4 is 0 Å². The van der Waals surface area contributed by atoms with Crippen molar-refractivity contribution in [2.45, 2.75) is 43.9 Å². The number of β-amino-alcohol motifs (C(OH)–C–C–N with tert-alkyl or cyclic N) is 1. The SMILES string of the molecule is CN(C)CC1CC(O)CN1CC1CCCC1O. The Hall–Kier alpha value is -0.160. The first kappa shape index (κ1) is 13.3. The Balaban J connectivity index is 1.88. The van der Waals surface area contributed by atoms with Crippen molar-refractivity contribution in [1.82, 2.24) is 9.80 Å². The summed E-state index contributed by atoms with van der Waals surface area (Å²) < 4.78 is 0. The molecule has 4 nitrogen and oxygen atoms in total. The van der Waals surface area contributed by atoms with Crippen LogP contribution < -0.4 is 0 Å². The van der Waals surface area contributed by atoms with Crippen LogP contribution in [0.15, 0.2) is 0 Å². The summed E-state index contributed by atoms with van der Waals surface area (Å²) in [6, 6.07) is 0.452. The van der Waals surface area contributed by atoms with Gasteiger partial charge in [-0.05, 0) is 39.3 Å². The molecule has 2 rings (SSSR count). The van der Waals surface area contributed by atoms with E-state index in [4.69, 9.17) is 0 Å². The highest BCUT2D eigenvalue weighted by atomic mass is 16.3. The normalized spacial score (nSPS) is 39.4. The van der Waals surface area contributed by atoms with Gasteiger partial charge in [0, 0.05) is 25.7 Å². The second-order valence-electron chi connectivity index (χ2n) is 6.02. The first-order valence-corrected chi connectivity index (χ1v) is 6.81. The van der Waals surface area contributed by atoms with E-state index in [2.05, 4.69) is 23.9 Å². The molecule has 100 valence electrons. The van der Waals surface area contributed by atoms with Crippen LogP contribution in [0, 0.1) is 5.92 Å². The van der Waals surface area contributed by atoms with Gasteiger partial charge in [-0.2, -0.15) is 0 Å². The number of nitrogens with zero attached hydrogens (tertiary/aromatic N) is 2. The Morgan fingerprint density at radius 1 is 1.24 bits per heavy atom. The molecule has 17 heavy (non-hydrogen) atoms. The van der Waals surface area contributed by atoms with Gasteiger partial charge in [0.2, 0.25) is 0 Å². The van der Waals surface area contributed by atoms with Gasteiger partial charge in [0.05, 0.1) is 12.2 Å². The summed E-state index contributed by atoms with van der Waals surface area (Å²) in [5.41, 5.74) is 0. The summed E-state index contributed by atoms with van der Waals surface area (Å²) in [5.74, 6) is 0.421. The third-order valence-corrected chi connectivity index (χ3v) is 4.17. The summed E-state index contributed by atoms with van der Waals surface area (Å²) in [6.07, 6.45) is 3.83. The fourth-order valence-corrected chi connectivity index (χ4v) is 3.32. The Morgan fingerprint density at radius 3 is 2.59 bits per heavy atom. The minimum atomic E-state index is -0.182. The Labute approximate surface area is 104 Å². The van der Waals surface area contributed by atoms with Gasteiger partial charge in [0.25, 0.3) is 0 Å². The molecule has 0 aromatic heterocycles. The quantitative estimate of drug-likeness (QED) is 0.736. The van der Waals surface area contributed by atoms with Crippen LogP contribution in [-0.2, 0) is 0 Å². The third kappa shape index (κ3) is 3.41.